The first-order valence-corrected chi connectivity index (χ1v) is 9.15. The third kappa shape index (κ3) is 2.51. The lowest BCUT2D eigenvalue weighted by molar-refractivity contribution is 0.628. The highest BCUT2D eigenvalue weighted by Gasteiger charge is 2.15. The SMILES string of the molecule is CCCCc1ccc2c(c1)sc1nc(-c3ccc(F)cc3)c(C)n12. The van der Waals surface area contributed by atoms with Crippen molar-refractivity contribution in [2.75, 3.05) is 0 Å². The zero-order valence-corrected chi connectivity index (χ0v) is 14.7. The van der Waals surface area contributed by atoms with Crippen molar-refractivity contribution in [2.45, 2.75) is 33.1 Å². The molecule has 0 bridgehead atoms. The van der Waals surface area contributed by atoms with Crippen molar-refractivity contribution in [1.29, 1.82) is 0 Å². The fourth-order valence-corrected chi connectivity index (χ4v) is 4.30. The predicted octanol–water partition coefficient (Wildman–Crippen LogP) is 6.01. The van der Waals surface area contributed by atoms with Crippen LogP contribution in [0.3, 0.4) is 0 Å². The first-order valence-electron chi connectivity index (χ1n) is 8.34. The number of aromatic nitrogens is 2. The summed E-state index contributed by atoms with van der Waals surface area (Å²) in [6.45, 7) is 4.30. The summed E-state index contributed by atoms with van der Waals surface area (Å²) < 4.78 is 16.6. The summed E-state index contributed by atoms with van der Waals surface area (Å²) >= 11 is 1.72. The smallest absolute Gasteiger partial charge is 0.195 e. The molecule has 2 heterocycles. The van der Waals surface area contributed by atoms with Gasteiger partial charge in [-0.15, -0.1) is 0 Å². The molecule has 0 aliphatic heterocycles. The van der Waals surface area contributed by atoms with E-state index in [4.69, 9.17) is 4.98 Å². The predicted molar refractivity (Wildman–Crippen MR) is 99.3 cm³/mol. The lowest BCUT2D eigenvalue weighted by atomic mass is 10.1. The minimum absolute atomic E-state index is 0.220. The Kier molecular flexibility index (Phi) is 3.85. The highest BCUT2D eigenvalue weighted by molar-refractivity contribution is 7.23. The fourth-order valence-electron chi connectivity index (χ4n) is 3.17. The molecule has 0 N–H and O–H groups in total. The summed E-state index contributed by atoms with van der Waals surface area (Å²) in [6, 6.07) is 13.3. The molecule has 4 heteroatoms. The van der Waals surface area contributed by atoms with E-state index in [-0.39, 0.29) is 5.82 Å². The van der Waals surface area contributed by atoms with Crippen molar-refractivity contribution in [2.24, 2.45) is 0 Å². The lowest BCUT2D eigenvalue weighted by Gasteiger charge is -2.02. The Bertz CT molecular complexity index is 1010. The largest absolute Gasteiger partial charge is 0.287 e. The van der Waals surface area contributed by atoms with Gasteiger partial charge in [-0.1, -0.05) is 30.7 Å². The van der Waals surface area contributed by atoms with Gasteiger partial charge < -0.3 is 0 Å². The molecule has 2 nitrogen and oxygen atoms in total. The second kappa shape index (κ2) is 6.02. The molecule has 2 aromatic heterocycles. The Hall–Kier alpha value is -2.20. The van der Waals surface area contributed by atoms with E-state index in [2.05, 4.69) is 36.4 Å². The number of aryl methyl sites for hydroxylation is 2. The van der Waals surface area contributed by atoms with Crippen LogP contribution in [0.2, 0.25) is 0 Å². The molecule has 4 aromatic rings. The Morgan fingerprint density at radius 2 is 1.92 bits per heavy atom. The van der Waals surface area contributed by atoms with Crippen LogP contribution in [0.5, 0.6) is 0 Å². The van der Waals surface area contributed by atoms with Gasteiger partial charge in [-0.05, 0) is 61.7 Å². The first-order chi connectivity index (χ1) is 11.7. The van der Waals surface area contributed by atoms with Gasteiger partial charge in [0.1, 0.15) is 5.82 Å². The topological polar surface area (TPSA) is 17.3 Å². The van der Waals surface area contributed by atoms with Gasteiger partial charge in [0.15, 0.2) is 4.96 Å². The fraction of sp³-hybridized carbons (Fsp3) is 0.250. The summed E-state index contributed by atoms with van der Waals surface area (Å²) in [5, 5.41) is 0. The van der Waals surface area contributed by atoms with Crippen LogP contribution >= 0.6 is 11.3 Å². The van der Waals surface area contributed by atoms with Crippen molar-refractivity contribution in [3.05, 3.63) is 59.5 Å². The summed E-state index contributed by atoms with van der Waals surface area (Å²) in [4.78, 5) is 5.80. The molecule has 0 unspecified atom stereocenters. The number of rotatable bonds is 4. The van der Waals surface area contributed by atoms with E-state index in [0.29, 0.717) is 0 Å². The van der Waals surface area contributed by atoms with Crippen LogP contribution in [0.25, 0.3) is 26.4 Å². The maximum absolute atomic E-state index is 13.2. The summed E-state index contributed by atoms with van der Waals surface area (Å²) in [5.41, 5.74) is 5.58. The van der Waals surface area contributed by atoms with E-state index in [9.17, 15) is 4.39 Å². The van der Waals surface area contributed by atoms with Crippen LogP contribution in [0, 0.1) is 12.7 Å². The van der Waals surface area contributed by atoms with E-state index in [0.717, 1.165) is 28.3 Å². The third-order valence-corrected chi connectivity index (χ3v) is 5.48. The molecule has 0 aliphatic rings. The average molecular weight is 338 g/mol. The monoisotopic (exact) mass is 338 g/mol. The number of hydrogen-bond acceptors (Lipinski definition) is 2. The van der Waals surface area contributed by atoms with Crippen LogP contribution in [-0.2, 0) is 6.42 Å². The van der Waals surface area contributed by atoms with E-state index < -0.39 is 0 Å². The number of benzene rings is 2. The molecular formula is C20H19FN2S. The van der Waals surface area contributed by atoms with Crippen LogP contribution in [0.4, 0.5) is 4.39 Å². The lowest BCUT2D eigenvalue weighted by Crippen LogP contribution is -1.88. The summed E-state index contributed by atoms with van der Waals surface area (Å²) in [5.74, 6) is -0.220. The second-order valence-electron chi connectivity index (χ2n) is 6.18. The number of unbranched alkanes of at least 4 members (excludes halogenated alkanes) is 1. The zero-order chi connectivity index (χ0) is 16.7. The second-order valence-corrected chi connectivity index (χ2v) is 7.19. The standard InChI is InChI=1S/C20H19FN2S/c1-3-4-5-14-6-11-17-18(12-14)24-20-22-19(13(2)23(17)20)15-7-9-16(21)10-8-15/h6-12H,3-5H2,1-2H3. The molecule has 0 radical (unpaired) electrons. The molecule has 0 fully saturated rings. The van der Waals surface area contributed by atoms with Crippen LogP contribution in [0.1, 0.15) is 31.0 Å². The highest BCUT2D eigenvalue weighted by atomic mass is 32.1. The molecule has 0 saturated carbocycles. The Morgan fingerprint density at radius 3 is 2.67 bits per heavy atom. The Labute approximate surface area is 144 Å². The molecule has 0 amide bonds. The highest BCUT2D eigenvalue weighted by Crippen LogP contribution is 2.33. The maximum Gasteiger partial charge on any atom is 0.195 e. The summed E-state index contributed by atoms with van der Waals surface area (Å²) in [7, 11) is 0. The molecule has 2 aromatic carbocycles. The Balaban J connectivity index is 1.83. The first kappa shape index (κ1) is 15.3. The number of halogens is 1. The van der Waals surface area contributed by atoms with Crippen molar-refractivity contribution in [3.8, 4) is 11.3 Å². The van der Waals surface area contributed by atoms with Crippen molar-refractivity contribution < 1.29 is 4.39 Å². The van der Waals surface area contributed by atoms with Crippen molar-refractivity contribution in [1.82, 2.24) is 9.38 Å². The van der Waals surface area contributed by atoms with E-state index in [1.807, 2.05) is 0 Å². The number of thiazole rings is 1. The van der Waals surface area contributed by atoms with Gasteiger partial charge in [0.25, 0.3) is 0 Å². The van der Waals surface area contributed by atoms with Gasteiger partial charge in [0, 0.05) is 11.3 Å². The van der Waals surface area contributed by atoms with Gasteiger partial charge in [-0.3, -0.25) is 4.40 Å². The van der Waals surface area contributed by atoms with Gasteiger partial charge in [0.05, 0.1) is 15.9 Å². The molecule has 0 atom stereocenters. The molecule has 0 spiro atoms. The zero-order valence-electron chi connectivity index (χ0n) is 13.8. The molecule has 24 heavy (non-hydrogen) atoms. The van der Waals surface area contributed by atoms with Crippen LogP contribution < -0.4 is 0 Å². The van der Waals surface area contributed by atoms with Gasteiger partial charge in [-0.2, -0.15) is 0 Å². The van der Waals surface area contributed by atoms with Crippen LogP contribution in [-0.4, -0.2) is 9.38 Å². The molecule has 0 saturated heterocycles. The average Bonchev–Trinajstić information content (AvgIpc) is 3.10. The van der Waals surface area contributed by atoms with Gasteiger partial charge >= 0.3 is 0 Å². The molecule has 122 valence electrons. The van der Waals surface area contributed by atoms with Crippen molar-refractivity contribution >= 4 is 26.5 Å². The minimum atomic E-state index is -0.220. The molecule has 4 rings (SSSR count). The maximum atomic E-state index is 13.2. The van der Waals surface area contributed by atoms with Crippen molar-refractivity contribution in [3.63, 3.8) is 0 Å². The molecule has 0 aliphatic carbocycles. The van der Waals surface area contributed by atoms with E-state index in [1.165, 1.54) is 40.8 Å². The minimum Gasteiger partial charge on any atom is -0.287 e. The van der Waals surface area contributed by atoms with E-state index >= 15 is 0 Å². The van der Waals surface area contributed by atoms with Crippen LogP contribution in [0.15, 0.2) is 42.5 Å². The normalized spacial score (nSPS) is 11.6. The Morgan fingerprint density at radius 1 is 1.12 bits per heavy atom. The van der Waals surface area contributed by atoms with Gasteiger partial charge in [0.2, 0.25) is 0 Å². The number of fused-ring (bicyclic) bond motifs is 3. The number of imidazole rings is 1. The third-order valence-electron chi connectivity index (χ3n) is 4.48. The quantitative estimate of drug-likeness (QED) is 0.445. The molecular weight excluding hydrogens is 319 g/mol. The number of hydrogen-bond donors (Lipinski definition) is 0. The summed E-state index contributed by atoms with van der Waals surface area (Å²) in [6.07, 6.45) is 3.57. The van der Waals surface area contributed by atoms with Gasteiger partial charge in [-0.25, -0.2) is 9.37 Å². The van der Waals surface area contributed by atoms with E-state index in [1.54, 1.807) is 23.5 Å². The number of nitrogens with zero attached hydrogens (tertiary/aromatic N) is 2.